The molecular formula is C10H14BrNO. The summed E-state index contributed by atoms with van der Waals surface area (Å²) in [5.41, 5.74) is 0. The average molecular weight is 244 g/mol. The van der Waals surface area contributed by atoms with Crippen LogP contribution in [-0.4, -0.2) is 11.6 Å². The summed E-state index contributed by atoms with van der Waals surface area (Å²) in [6.07, 6.45) is 5.29. The summed E-state index contributed by atoms with van der Waals surface area (Å²) in [6.45, 7) is 2.94. The van der Waals surface area contributed by atoms with Crippen LogP contribution in [0.2, 0.25) is 0 Å². The lowest BCUT2D eigenvalue weighted by Gasteiger charge is -2.03. The van der Waals surface area contributed by atoms with Gasteiger partial charge in [-0.3, -0.25) is 0 Å². The monoisotopic (exact) mass is 243 g/mol. The van der Waals surface area contributed by atoms with Crippen molar-refractivity contribution in [1.82, 2.24) is 4.98 Å². The zero-order valence-electron chi connectivity index (χ0n) is 7.79. The zero-order chi connectivity index (χ0) is 9.52. The van der Waals surface area contributed by atoms with Crippen molar-refractivity contribution in [3.63, 3.8) is 0 Å². The van der Waals surface area contributed by atoms with Gasteiger partial charge in [-0.1, -0.05) is 19.8 Å². The van der Waals surface area contributed by atoms with Crippen molar-refractivity contribution in [2.45, 2.75) is 26.2 Å². The Hall–Kier alpha value is -0.570. The molecule has 0 fully saturated rings. The largest absolute Gasteiger partial charge is 0.478 e. The van der Waals surface area contributed by atoms with Gasteiger partial charge in [-0.05, 0) is 28.4 Å². The van der Waals surface area contributed by atoms with E-state index in [-0.39, 0.29) is 0 Å². The Morgan fingerprint density at radius 3 is 2.85 bits per heavy atom. The maximum absolute atomic E-state index is 5.43. The van der Waals surface area contributed by atoms with Crippen LogP contribution in [-0.2, 0) is 0 Å². The van der Waals surface area contributed by atoms with Crippen molar-refractivity contribution < 1.29 is 4.74 Å². The fourth-order valence-electron chi connectivity index (χ4n) is 0.976. The molecule has 2 nitrogen and oxygen atoms in total. The maximum Gasteiger partial charge on any atom is 0.213 e. The molecule has 0 atom stereocenters. The minimum Gasteiger partial charge on any atom is -0.478 e. The van der Waals surface area contributed by atoms with Gasteiger partial charge in [0, 0.05) is 16.7 Å². The minimum atomic E-state index is 0.708. The van der Waals surface area contributed by atoms with Gasteiger partial charge in [0.05, 0.1) is 6.61 Å². The Morgan fingerprint density at radius 2 is 2.23 bits per heavy atom. The van der Waals surface area contributed by atoms with E-state index >= 15 is 0 Å². The molecule has 0 aliphatic rings. The topological polar surface area (TPSA) is 22.1 Å². The number of ether oxygens (including phenoxy) is 1. The standard InChI is InChI=1S/C10H14BrNO/c1-2-3-4-7-13-10-6-5-9(11)8-12-10/h5-6,8H,2-4,7H2,1H3. The molecule has 0 spiro atoms. The average Bonchev–Trinajstić information content (AvgIpc) is 2.15. The molecule has 1 heterocycles. The zero-order valence-corrected chi connectivity index (χ0v) is 9.38. The number of pyridine rings is 1. The molecule has 0 unspecified atom stereocenters. The van der Waals surface area contributed by atoms with Crippen LogP contribution in [0.25, 0.3) is 0 Å². The van der Waals surface area contributed by atoms with Crippen molar-refractivity contribution >= 4 is 15.9 Å². The van der Waals surface area contributed by atoms with Crippen LogP contribution in [0.1, 0.15) is 26.2 Å². The molecule has 1 aromatic rings. The second-order valence-corrected chi connectivity index (χ2v) is 3.79. The van der Waals surface area contributed by atoms with Crippen molar-refractivity contribution in [3.05, 3.63) is 22.8 Å². The second kappa shape index (κ2) is 5.97. The number of nitrogens with zero attached hydrogens (tertiary/aromatic N) is 1. The first-order valence-electron chi connectivity index (χ1n) is 4.57. The molecule has 0 aromatic carbocycles. The van der Waals surface area contributed by atoms with Crippen LogP contribution in [0.15, 0.2) is 22.8 Å². The summed E-state index contributed by atoms with van der Waals surface area (Å²) in [4.78, 5) is 4.11. The second-order valence-electron chi connectivity index (χ2n) is 2.87. The van der Waals surface area contributed by atoms with E-state index < -0.39 is 0 Å². The van der Waals surface area contributed by atoms with E-state index in [4.69, 9.17) is 4.74 Å². The Morgan fingerprint density at radius 1 is 1.38 bits per heavy atom. The van der Waals surface area contributed by atoms with Gasteiger partial charge in [0.2, 0.25) is 5.88 Å². The van der Waals surface area contributed by atoms with Crippen molar-refractivity contribution in [2.75, 3.05) is 6.61 Å². The summed E-state index contributed by atoms with van der Waals surface area (Å²) in [6, 6.07) is 3.80. The van der Waals surface area contributed by atoms with Gasteiger partial charge in [-0.15, -0.1) is 0 Å². The van der Waals surface area contributed by atoms with Crippen molar-refractivity contribution in [3.8, 4) is 5.88 Å². The molecule has 0 amide bonds. The van der Waals surface area contributed by atoms with Gasteiger partial charge in [0.15, 0.2) is 0 Å². The summed E-state index contributed by atoms with van der Waals surface area (Å²) in [5.74, 6) is 0.708. The predicted octanol–water partition coefficient (Wildman–Crippen LogP) is 3.41. The minimum absolute atomic E-state index is 0.708. The third-order valence-electron chi connectivity index (χ3n) is 1.70. The number of aromatic nitrogens is 1. The molecule has 13 heavy (non-hydrogen) atoms. The van der Waals surface area contributed by atoms with Crippen LogP contribution >= 0.6 is 15.9 Å². The summed E-state index contributed by atoms with van der Waals surface area (Å²) < 4.78 is 6.41. The van der Waals surface area contributed by atoms with Gasteiger partial charge in [0.25, 0.3) is 0 Å². The van der Waals surface area contributed by atoms with Gasteiger partial charge in [-0.2, -0.15) is 0 Å². The lowest BCUT2D eigenvalue weighted by atomic mass is 10.3. The van der Waals surface area contributed by atoms with Gasteiger partial charge in [-0.25, -0.2) is 4.98 Å². The molecule has 0 saturated heterocycles. The quantitative estimate of drug-likeness (QED) is 0.740. The number of hydrogen-bond acceptors (Lipinski definition) is 2. The molecule has 0 radical (unpaired) electrons. The van der Waals surface area contributed by atoms with E-state index in [1.165, 1.54) is 12.8 Å². The highest BCUT2D eigenvalue weighted by Crippen LogP contribution is 2.12. The maximum atomic E-state index is 5.43. The fraction of sp³-hybridized carbons (Fsp3) is 0.500. The number of rotatable bonds is 5. The lowest BCUT2D eigenvalue weighted by Crippen LogP contribution is -1.98. The van der Waals surface area contributed by atoms with E-state index in [1.807, 2.05) is 12.1 Å². The molecule has 1 aromatic heterocycles. The van der Waals surface area contributed by atoms with Crippen LogP contribution in [0.3, 0.4) is 0 Å². The Labute approximate surface area is 87.5 Å². The highest BCUT2D eigenvalue weighted by molar-refractivity contribution is 9.10. The molecule has 3 heteroatoms. The summed E-state index contributed by atoms with van der Waals surface area (Å²) in [5, 5.41) is 0. The molecule has 0 aliphatic carbocycles. The van der Waals surface area contributed by atoms with E-state index in [2.05, 4.69) is 27.8 Å². The number of unbranched alkanes of at least 4 members (excludes halogenated alkanes) is 2. The highest BCUT2D eigenvalue weighted by atomic mass is 79.9. The number of hydrogen-bond donors (Lipinski definition) is 0. The third-order valence-corrected chi connectivity index (χ3v) is 2.17. The Kier molecular flexibility index (Phi) is 4.83. The van der Waals surface area contributed by atoms with Crippen LogP contribution < -0.4 is 4.74 Å². The van der Waals surface area contributed by atoms with Gasteiger partial charge in [0.1, 0.15) is 0 Å². The van der Waals surface area contributed by atoms with Gasteiger partial charge < -0.3 is 4.74 Å². The molecule has 0 N–H and O–H groups in total. The van der Waals surface area contributed by atoms with E-state index in [0.717, 1.165) is 17.5 Å². The summed E-state index contributed by atoms with van der Waals surface area (Å²) >= 11 is 3.32. The molecule has 0 saturated carbocycles. The molecule has 1 rings (SSSR count). The lowest BCUT2D eigenvalue weighted by molar-refractivity contribution is 0.295. The smallest absolute Gasteiger partial charge is 0.213 e. The third kappa shape index (κ3) is 4.27. The van der Waals surface area contributed by atoms with E-state index in [0.29, 0.717) is 5.88 Å². The fourth-order valence-corrected chi connectivity index (χ4v) is 1.21. The van der Waals surface area contributed by atoms with Crippen LogP contribution in [0.4, 0.5) is 0 Å². The SMILES string of the molecule is CCCCCOc1ccc(Br)cn1. The Balaban J connectivity index is 2.25. The molecule has 0 aliphatic heterocycles. The Bertz CT molecular complexity index is 235. The van der Waals surface area contributed by atoms with E-state index in [9.17, 15) is 0 Å². The van der Waals surface area contributed by atoms with Crippen LogP contribution in [0.5, 0.6) is 5.88 Å². The normalized spacial score (nSPS) is 10.0. The van der Waals surface area contributed by atoms with Crippen molar-refractivity contribution in [1.29, 1.82) is 0 Å². The summed E-state index contributed by atoms with van der Waals surface area (Å²) in [7, 11) is 0. The predicted molar refractivity (Wildman–Crippen MR) is 57.0 cm³/mol. The molecule has 0 bridgehead atoms. The molecular weight excluding hydrogens is 230 g/mol. The highest BCUT2D eigenvalue weighted by Gasteiger charge is 1.94. The molecule has 72 valence electrons. The first-order valence-corrected chi connectivity index (χ1v) is 5.36. The van der Waals surface area contributed by atoms with E-state index in [1.54, 1.807) is 6.20 Å². The van der Waals surface area contributed by atoms with Crippen molar-refractivity contribution in [2.24, 2.45) is 0 Å². The first kappa shape index (κ1) is 10.5. The van der Waals surface area contributed by atoms with Crippen LogP contribution in [0, 0.1) is 0 Å². The first-order chi connectivity index (χ1) is 6.33. The number of halogens is 1. The van der Waals surface area contributed by atoms with Gasteiger partial charge >= 0.3 is 0 Å².